The van der Waals surface area contributed by atoms with Crippen molar-refractivity contribution in [2.24, 2.45) is 7.05 Å². The van der Waals surface area contributed by atoms with Gasteiger partial charge in [-0.2, -0.15) is 18.3 Å². The molecule has 0 radical (unpaired) electrons. The third-order valence-electron chi connectivity index (χ3n) is 4.16. The molecule has 3 heterocycles. The van der Waals surface area contributed by atoms with Crippen molar-refractivity contribution in [2.75, 3.05) is 6.61 Å². The van der Waals surface area contributed by atoms with Gasteiger partial charge in [0.05, 0.1) is 29.2 Å². The van der Waals surface area contributed by atoms with Crippen LogP contribution in [0.1, 0.15) is 29.4 Å². The predicted molar refractivity (Wildman–Crippen MR) is 116 cm³/mol. The fourth-order valence-corrected chi connectivity index (χ4v) is 4.35. The zero-order valence-electron chi connectivity index (χ0n) is 17.4. The molecule has 13 heteroatoms. The summed E-state index contributed by atoms with van der Waals surface area (Å²) < 4.78 is 47.6. The molecule has 0 aliphatic carbocycles. The van der Waals surface area contributed by atoms with E-state index in [1.54, 1.807) is 11.7 Å². The van der Waals surface area contributed by atoms with E-state index < -0.39 is 35.8 Å². The summed E-state index contributed by atoms with van der Waals surface area (Å²) in [6.45, 7) is 3.16. The lowest BCUT2D eigenvalue weighted by molar-refractivity contribution is -0.139. The Kier molecular flexibility index (Phi) is 7.24. The van der Waals surface area contributed by atoms with Gasteiger partial charge in [0.15, 0.2) is 5.82 Å². The third kappa shape index (κ3) is 5.88. The molecule has 3 rings (SSSR count). The highest BCUT2D eigenvalue weighted by molar-refractivity contribution is 8.13. The number of hydrogen-bond acceptors (Lipinski definition) is 5. The molecule has 0 saturated heterocycles. The van der Waals surface area contributed by atoms with E-state index in [9.17, 15) is 18.0 Å². The zero-order chi connectivity index (χ0) is 23.5. The second kappa shape index (κ2) is 9.74. The molecule has 3 aromatic heterocycles. The van der Waals surface area contributed by atoms with Crippen LogP contribution in [0.3, 0.4) is 0 Å². The van der Waals surface area contributed by atoms with E-state index >= 15 is 0 Å². The second-order valence-electron chi connectivity index (χ2n) is 6.58. The first kappa shape index (κ1) is 23.8. The van der Waals surface area contributed by atoms with Gasteiger partial charge >= 0.3 is 6.18 Å². The number of aromatic nitrogens is 5. The van der Waals surface area contributed by atoms with Crippen LogP contribution in [0, 0.1) is 6.92 Å². The number of nitrogens with zero attached hydrogens (tertiary/aromatic N) is 5. The molecule has 1 amide bonds. The number of ether oxygens (including phenoxy) is 1. The summed E-state index contributed by atoms with van der Waals surface area (Å²) in [6.07, 6.45) is -2.08. The maximum absolute atomic E-state index is 12.8. The van der Waals surface area contributed by atoms with Gasteiger partial charge in [0.25, 0.3) is 5.91 Å². The van der Waals surface area contributed by atoms with Crippen molar-refractivity contribution >= 4 is 33.5 Å². The number of hydrogen-bond donors (Lipinski definition) is 1. The average Bonchev–Trinajstić information content (AvgIpc) is 3.31. The quantitative estimate of drug-likeness (QED) is 0.400. The highest BCUT2D eigenvalue weighted by Gasteiger charge is 2.27. The van der Waals surface area contributed by atoms with Crippen molar-refractivity contribution in [1.29, 1.82) is 0 Å². The van der Waals surface area contributed by atoms with Crippen LogP contribution in [0.25, 0.3) is 5.82 Å². The van der Waals surface area contributed by atoms with Crippen LogP contribution in [0.2, 0.25) is 5.15 Å². The van der Waals surface area contributed by atoms with E-state index in [0.29, 0.717) is 0 Å². The van der Waals surface area contributed by atoms with E-state index in [1.165, 1.54) is 29.1 Å². The molecule has 0 aliphatic heterocycles. The Bertz CT molecular complexity index is 1160. The number of carbonyl (C=O) groups is 1. The highest BCUT2D eigenvalue weighted by atomic mass is 35.5. The number of carbonyl (C=O) groups excluding carboxylic acids is 1. The van der Waals surface area contributed by atoms with E-state index in [2.05, 4.69) is 19.9 Å². The van der Waals surface area contributed by atoms with Crippen molar-refractivity contribution in [1.82, 2.24) is 29.3 Å². The summed E-state index contributed by atoms with van der Waals surface area (Å²) in [7, 11) is 1.12. The van der Waals surface area contributed by atoms with Crippen LogP contribution in [-0.2, 0) is 7.05 Å². The van der Waals surface area contributed by atoms with Crippen molar-refractivity contribution < 1.29 is 22.7 Å². The predicted octanol–water partition coefficient (Wildman–Crippen LogP) is 4.09. The van der Waals surface area contributed by atoms with Crippen molar-refractivity contribution in [3.05, 3.63) is 47.0 Å². The van der Waals surface area contributed by atoms with Gasteiger partial charge in [0.2, 0.25) is 5.88 Å². The van der Waals surface area contributed by atoms with Crippen LogP contribution in [-0.4, -0.2) is 48.6 Å². The van der Waals surface area contributed by atoms with Gasteiger partial charge in [-0.15, -0.1) is 5.10 Å². The Balaban J connectivity index is 1.71. The van der Waals surface area contributed by atoms with Crippen LogP contribution < -0.4 is 9.46 Å². The summed E-state index contributed by atoms with van der Waals surface area (Å²) in [4.78, 5) is 17.8. The number of pyridine rings is 1. The Morgan fingerprint density at radius 2 is 2.06 bits per heavy atom. The summed E-state index contributed by atoms with van der Waals surface area (Å²) in [5, 5.41) is 10.1. The molecule has 0 saturated carbocycles. The van der Waals surface area contributed by atoms with Crippen molar-refractivity contribution in [3.8, 4) is 11.7 Å². The maximum atomic E-state index is 12.8. The molecular weight excluding hydrogens is 469 g/mol. The number of rotatable bonds is 7. The Morgan fingerprint density at radius 3 is 2.66 bits per heavy atom. The summed E-state index contributed by atoms with van der Waals surface area (Å²) in [5.41, 5.74) is 0.978. The third-order valence-corrected chi connectivity index (χ3v) is 6.20. The molecule has 0 fully saturated rings. The molecule has 32 heavy (non-hydrogen) atoms. The first-order chi connectivity index (χ1) is 15.1. The Hall–Kier alpha value is -2.86. The fourth-order valence-electron chi connectivity index (χ4n) is 2.69. The van der Waals surface area contributed by atoms with E-state index in [1.807, 2.05) is 25.4 Å². The highest BCUT2D eigenvalue weighted by Crippen LogP contribution is 2.26. The molecular formula is C19H20ClF3N6O2S. The minimum atomic E-state index is -4.31. The summed E-state index contributed by atoms with van der Waals surface area (Å²) in [6, 6.07) is 4.43. The van der Waals surface area contributed by atoms with Gasteiger partial charge in [-0.25, -0.2) is 9.67 Å². The normalized spacial score (nSPS) is 12.7. The number of nitrogens with one attached hydrogen (secondary N) is 1. The number of amides is 1. The van der Waals surface area contributed by atoms with Crippen LogP contribution in [0.5, 0.6) is 5.88 Å². The Labute approximate surface area is 189 Å². The topological polar surface area (TPSA) is 86.9 Å². The van der Waals surface area contributed by atoms with Crippen LogP contribution in [0.4, 0.5) is 13.2 Å². The number of halogens is 4. The SMILES string of the molecule is C/C=S(/NC(=O)c1ccc(-n2ccc(OCCC(F)(F)F)n2)nc1Cl)c1cn(C)nc1C. The monoisotopic (exact) mass is 488 g/mol. The van der Waals surface area contributed by atoms with Crippen LogP contribution >= 0.6 is 22.3 Å². The first-order valence-corrected chi connectivity index (χ1v) is 11.0. The second-order valence-corrected chi connectivity index (χ2v) is 8.73. The number of aryl methyl sites for hydroxylation is 2. The summed E-state index contributed by atoms with van der Waals surface area (Å²) in [5.74, 6) is -0.111. The number of alkyl halides is 3. The van der Waals surface area contributed by atoms with Crippen molar-refractivity contribution in [3.63, 3.8) is 0 Å². The standard InChI is InChI=1S/C19H20ClF3N6O2S/c1-4-32(14-11-28(3)25-12(14)2)27-18(30)13-5-6-15(24-17(13)20)29-9-7-16(26-29)31-10-8-19(21,22)23/h4-7,9,11H,8,10H2,1-3H3,(H,27,30). The lowest BCUT2D eigenvalue weighted by Crippen LogP contribution is -2.19. The molecule has 0 aromatic carbocycles. The van der Waals surface area contributed by atoms with Crippen LogP contribution in [0.15, 0.2) is 35.5 Å². The largest absolute Gasteiger partial charge is 0.476 e. The van der Waals surface area contributed by atoms with Gasteiger partial charge in [0.1, 0.15) is 5.15 Å². The van der Waals surface area contributed by atoms with Gasteiger partial charge in [0, 0.05) is 25.5 Å². The van der Waals surface area contributed by atoms with E-state index in [0.717, 1.165) is 10.6 Å². The van der Waals surface area contributed by atoms with Gasteiger partial charge in [-0.3, -0.25) is 14.2 Å². The zero-order valence-corrected chi connectivity index (χ0v) is 18.9. The minimum Gasteiger partial charge on any atom is -0.476 e. The molecule has 1 atom stereocenters. The smallest absolute Gasteiger partial charge is 0.392 e. The molecule has 0 bridgehead atoms. The molecule has 8 nitrogen and oxygen atoms in total. The molecule has 3 aromatic rings. The van der Waals surface area contributed by atoms with E-state index in [4.69, 9.17) is 16.3 Å². The van der Waals surface area contributed by atoms with Gasteiger partial charge < -0.3 is 4.74 Å². The summed E-state index contributed by atoms with van der Waals surface area (Å²) >= 11 is 6.23. The first-order valence-electron chi connectivity index (χ1n) is 9.33. The fraction of sp³-hybridized carbons (Fsp3) is 0.316. The van der Waals surface area contributed by atoms with Crippen molar-refractivity contribution in [2.45, 2.75) is 31.3 Å². The maximum Gasteiger partial charge on any atom is 0.392 e. The van der Waals surface area contributed by atoms with Gasteiger partial charge in [-0.05, 0) is 31.3 Å². The molecule has 1 N–H and O–H groups in total. The minimum absolute atomic E-state index is 0.0170. The molecule has 1 unspecified atom stereocenters. The molecule has 172 valence electrons. The molecule has 0 aliphatic rings. The van der Waals surface area contributed by atoms with E-state index in [-0.39, 0.29) is 22.4 Å². The Morgan fingerprint density at radius 1 is 1.31 bits per heavy atom. The lowest BCUT2D eigenvalue weighted by atomic mass is 10.3. The average molecular weight is 489 g/mol. The lowest BCUT2D eigenvalue weighted by Gasteiger charge is -2.11. The molecule has 0 spiro atoms. The van der Waals surface area contributed by atoms with Gasteiger partial charge in [-0.1, -0.05) is 22.3 Å².